The second kappa shape index (κ2) is 6.06. The summed E-state index contributed by atoms with van der Waals surface area (Å²) in [6, 6.07) is 7.24. The van der Waals surface area contributed by atoms with E-state index in [9.17, 15) is 9.59 Å². The van der Waals surface area contributed by atoms with Crippen molar-refractivity contribution in [2.45, 2.75) is 19.4 Å². The highest BCUT2D eigenvalue weighted by Gasteiger charge is 2.06. The monoisotopic (exact) mass is 272 g/mol. The number of aliphatic carboxylic acids is 1. The van der Waals surface area contributed by atoms with Gasteiger partial charge in [0.15, 0.2) is 0 Å². The molecule has 0 atom stereocenters. The van der Waals surface area contributed by atoms with E-state index in [1.807, 2.05) is 12.1 Å². The highest BCUT2D eigenvalue weighted by Crippen LogP contribution is 2.20. The molecule has 0 radical (unpaired) electrons. The molecule has 0 spiro atoms. The Labute approximate surface area is 116 Å². The number of carbonyl (C=O) groups is 2. The van der Waals surface area contributed by atoms with Gasteiger partial charge in [-0.3, -0.25) is 9.59 Å². The first kappa shape index (κ1) is 13.9. The van der Waals surface area contributed by atoms with Crippen molar-refractivity contribution in [3.05, 3.63) is 43.1 Å². The summed E-state index contributed by atoms with van der Waals surface area (Å²) >= 11 is 0. The highest BCUT2D eigenvalue weighted by atomic mass is 16.4. The predicted molar refractivity (Wildman–Crippen MR) is 77.6 cm³/mol. The normalized spacial score (nSPS) is 10.4. The van der Waals surface area contributed by atoms with Crippen LogP contribution in [0.5, 0.6) is 0 Å². The molecule has 1 heterocycles. The third-order valence-electron chi connectivity index (χ3n) is 2.94. The number of allylic oxidation sites excluding steroid dienone is 1. The highest BCUT2D eigenvalue weighted by molar-refractivity contribution is 5.94. The van der Waals surface area contributed by atoms with Gasteiger partial charge in [0.2, 0.25) is 5.91 Å². The molecular formula is C15H16N2O3. The number of amides is 1. The van der Waals surface area contributed by atoms with Gasteiger partial charge in [0.1, 0.15) is 6.54 Å². The maximum Gasteiger partial charge on any atom is 0.323 e. The molecule has 0 bridgehead atoms. The van der Waals surface area contributed by atoms with Crippen LogP contribution in [-0.4, -0.2) is 21.6 Å². The Morgan fingerprint density at radius 2 is 2.15 bits per heavy atom. The van der Waals surface area contributed by atoms with Crippen LogP contribution in [0.1, 0.15) is 12.8 Å². The van der Waals surface area contributed by atoms with Gasteiger partial charge in [-0.1, -0.05) is 6.08 Å². The molecule has 0 fully saturated rings. The van der Waals surface area contributed by atoms with E-state index in [2.05, 4.69) is 11.9 Å². The number of hydrogen-bond acceptors (Lipinski definition) is 2. The van der Waals surface area contributed by atoms with Gasteiger partial charge in [-0.05, 0) is 30.7 Å². The number of aromatic nitrogens is 1. The third-order valence-corrected chi connectivity index (χ3v) is 2.94. The molecular weight excluding hydrogens is 256 g/mol. The summed E-state index contributed by atoms with van der Waals surface area (Å²) in [5.41, 5.74) is 1.54. The molecule has 20 heavy (non-hydrogen) atoms. The zero-order valence-electron chi connectivity index (χ0n) is 11.0. The van der Waals surface area contributed by atoms with Gasteiger partial charge in [-0.25, -0.2) is 0 Å². The van der Waals surface area contributed by atoms with Gasteiger partial charge in [0.25, 0.3) is 0 Å². The Morgan fingerprint density at radius 3 is 2.85 bits per heavy atom. The van der Waals surface area contributed by atoms with Crippen LogP contribution in [0.25, 0.3) is 10.9 Å². The Balaban J connectivity index is 2.16. The summed E-state index contributed by atoms with van der Waals surface area (Å²) in [5, 5.41) is 12.5. The van der Waals surface area contributed by atoms with Crippen molar-refractivity contribution in [2.75, 3.05) is 5.32 Å². The number of benzene rings is 1. The number of nitrogens with one attached hydrogen (secondary N) is 1. The molecule has 0 unspecified atom stereocenters. The minimum Gasteiger partial charge on any atom is -0.480 e. The molecule has 1 amide bonds. The second-order valence-electron chi connectivity index (χ2n) is 4.49. The fraction of sp³-hybridized carbons (Fsp3) is 0.200. The average Bonchev–Trinajstić information content (AvgIpc) is 2.78. The topological polar surface area (TPSA) is 71.3 Å². The summed E-state index contributed by atoms with van der Waals surface area (Å²) < 4.78 is 1.65. The van der Waals surface area contributed by atoms with E-state index < -0.39 is 5.97 Å². The number of nitrogens with zero attached hydrogens (tertiary/aromatic N) is 1. The molecule has 0 aliphatic heterocycles. The summed E-state index contributed by atoms with van der Waals surface area (Å²) in [6.45, 7) is 3.50. The van der Waals surface area contributed by atoms with E-state index >= 15 is 0 Å². The second-order valence-corrected chi connectivity index (χ2v) is 4.49. The van der Waals surface area contributed by atoms with E-state index in [1.54, 1.807) is 29.0 Å². The van der Waals surface area contributed by atoms with Crippen molar-refractivity contribution in [3.8, 4) is 0 Å². The first-order chi connectivity index (χ1) is 9.60. The molecule has 0 saturated heterocycles. The summed E-state index contributed by atoms with van der Waals surface area (Å²) in [6.07, 6.45) is 4.47. The molecule has 0 saturated carbocycles. The van der Waals surface area contributed by atoms with Gasteiger partial charge in [-0.2, -0.15) is 0 Å². The Bertz CT molecular complexity index is 658. The van der Waals surface area contributed by atoms with E-state index in [1.165, 1.54) is 0 Å². The molecule has 2 aromatic rings. The number of carbonyl (C=O) groups excluding carboxylic acids is 1. The van der Waals surface area contributed by atoms with E-state index in [4.69, 9.17) is 5.11 Å². The average molecular weight is 272 g/mol. The lowest BCUT2D eigenvalue weighted by molar-refractivity contribution is -0.137. The standard InChI is InChI=1S/C15H16N2O3/c1-2-3-4-14(18)16-12-5-6-13-11(9-12)7-8-17(13)10-15(19)20/h2,5-9H,1,3-4,10H2,(H,16,18)(H,19,20). The van der Waals surface area contributed by atoms with Gasteiger partial charge < -0.3 is 15.0 Å². The van der Waals surface area contributed by atoms with Gasteiger partial charge in [-0.15, -0.1) is 6.58 Å². The Hall–Kier alpha value is -2.56. The van der Waals surface area contributed by atoms with Gasteiger partial charge >= 0.3 is 5.97 Å². The van der Waals surface area contributed by atoms with E-state index in [-0.39, 0.29) is 12.5 Å². The molecule has 1 aromatic carbocycles. The quantitative estimate of drug-likeness (QED) is 0.794. The minimum absolute atomic E-state index is 0.0609. The van der Waals surface area contributed by atoms with Crippen molar-refractivity contribution in [3.63, 3.8) is 0 Å². The van der Waals surface area contributed by atoms with Gasteiger partial charge in [0.05, 0.1) is 0 Å². The minimum atomic E-state index is -0.885. The number of fused-ring (bicyclic) bond motifs is 1. The SMILES string of the molecule is C=CCCC(=O)Nc1ccc2c(ccn2CC(=O)O)c1. The van der Waals surface area contributed by atoms with Crippen LogP contribution in [0.4, 0.5) is 5.69 Å². The van der Waals surface area contributed by atoms with E-state index in [0.717, 1.165) is 10.9 Å². The summed E-state index contributed by atoms with van der Waals surface area (Å²) in [4.78, 5) is 22.4. The van der Waals surface area contributed by atoms with Crippen molar-refractivity contribution >= 4 is 28.5 Å². The summed E-state index contributed by atoms with van der Waals surface area (Å²) in [7, 11) is 0. The molecule has 104 valence electrons. The number of hydrogen-bond donors (Lipinski definition) is 2. The molecule has 0 aliphatic rings. The number of rotatable bonds is 6. The first-order valence-electron chi connectivity index (χ1n) is 6.31. The lowest BCUT2D eigenvalue weighted by Crippen LogP contribution is -2.10. The molecule has 2 N–H and O–H groups in total. The maximum atomic E-state index is 11.6. The first-order valence-corrected chi connectivity index (χ1v) is 6.31. The number of anilines is 1. The zero-order valence-corrected chi connectivity index (χ0v) is 11.0. The smallest absolute Gasteiger partial charge is 0.323 e. The largest absolute Gasteiger partial charge is 0.480 e. The molecule has 0 aliphatic carbocycles. The van der Waals surface area contributed by atoms with Crippen LogP contribution in [-0.2, 0) is 16.1 Å². The maximum absolute atomic E-state index is 11.6. The van der Waals surface area contributed by atoms with Crippen LogP contribution in [0.2, 0.25) is 0 Å². The molecule has 2 rings (SSSR count). The number of carboxylic acid groups (broad SMARTS) is 1. The van der Waals surface area contributed by atoms with Crippen LogP contribution < -0.4 is 5.32 Å². The van der Waals surface area contributed by atoms with Crippen molar-refractivity contribution < 1.29 is 14.7 Å². The van der Waals surface area contributed by atoms with Crippen LogP contribution in [0.15, 0.2) is 43.1 Å². The third kappa shape index (κ3) is 3.26. The predicted octanol–water partition coefficient (Wildman–Crippen LogP) is 2.63. The van der Waals surface area contributed by atoms with Crippen LogP contribution in [0.3, 0.4) is 0 Å². The van der Waals surface area contributed by atoms with Crippen molar-refractivity contribution in [1.82, 2.24) is 4.57 Å². The lowest BCUT2D eigenvalue weighted by Gasteiger charge is -2.06. The van der Waals surface area contributed by atoms with Gasteiger partial charge in [0, 0.05) is 29.2 Å². The Kier molecular flexibility index (Phi) is 4.20. The van der Waals surface area contributed by atoms with Crippen molar-refractivity contribution in [1.29, 1.82) is 0 Å². The van der Waals surface area contributed by atoms with Crippen LogP contribution in [0, 0.1) is 0 Å². The lowest BCUT2D eigenvalue weighted by atomic mass is 10.2. The van der Waals surface area contributed by atoms with E-state index in [0.29, 0.717) is 18.5 Å². The summed E-state index contributed by atoms with van der Waals surface area (Å²) in [5.74, 6) is -0.946. The zero-order chi connectivity index (χ0) is 14.5. The fourth-order valence-corrected chi connectivity index (χ4v) is 2.02. The van der Waals surface area contributed by atoms with Crippen molar-refractivity contribution in [2.24, 2.45) is 0 Å². The number of carboxylic acids is 1. The Morgan fingerprint density at radius 1 is 1.35 bits per heavy atom. The van der Waals surface area contributed by atoms with Crippen LogP contribution >= 0.6 is 0 Å². The molecule has 5 heteroatoms. The molecule has 5 nitrogen and oxygen atoms in total. The molecule has 1 aromatic heterocycles. The fourth-order valence-electron chi connectivity index (χ4n) is 2.02.